The molecule has 2 N–H and O–H groups in total. The molecule has 0 saturated heterocycles. The highest BCUT2D eigenvalue weighted by Gasteiger charge is 2.13. The summed E-state index contributed by atoms with van der Waals surface area (Å²) in [7, 11) is 0. The van der Waals surface area contributed by atoms with E-state index >= 15 is 0 Å². The number of amides is 1. The number of anilines is 1. The van der Waals surface area contributed by atoms with Crippen LogP contribution in [0.25, 0.3) is 22.1 Å². The Labute approximate surface area is 164 Å². The van der Waals surface area contributed by atoms with Crippen LogP contribution in [0.4, 0.5) is 5.69 Å². The maximum Gasteiger partial charge on any atom is 0.234 e. The van der Waals surface area contributed by atoms with Crippen molar-refractivity contribution < 1.29 is 4.79 Å². The first-order chi connectivity index (χ1) is 13.0. The molecule has 2 aromatic carbocycles. The summed E-state index contributed by atoms with van der Waals surface area (Å²) < 4.78 is 0. The van der Waals surface area contributed by atoms with E-state index in [1.807, 2.05) is 13.8 Å². The molecule has 0 spiro atoms. The van der Waals surface area contributed by atoms with Crippen LogP contribution in [0.5, 0.6) is 0 Å². The van der Waals surface area contributed by atoms with Crippen LogP contribution in [-0.4, -0.2) is 31.8 Å². The topological polar surface area (TPSA) is 83.6 Å². The minimum Gasteiger partial charge on any atom is -0.337 e. The van der Waals surface area contributed by atoms with E-state index in [1.165, 1.54) is 11.8 Å². The molecule has 0 aliphatic rings. The predicted octanol–water partition coefficient (Wildman–Crippen LogP) is 4.51. The van der Waals surface area contributed by atoms with Crippen LogP contribution in [0.2, 0.25) is 5.02 Å². The van der Waals surface area contributed by atoms with E-state index in [-0.39, 0.29) is 11.7 Å². The first-order valence-corrected chi connectivity index (χ1v) is 9.68. The van der Waals surface area contributed by atoms with Gasteiger partial charge in [-0.05, 0) is 49.2 Å². The van der Waals surface area contributed by atoms with Crippen molar-refractivity contribution in [1.82, 2.24) is 20.2 Å². The number of H-pyrrole nitrogens is 1. The monoisotopic (exact) mass is 397 g/mol. The number of aromatic amines is 1. The fourth-order valence-corrected chi connectivity index (χ4v) is 3.60. The molecule has 1 amide bonds. The van der Waals surface area contributed by atoms with Gasteiger partial charge in [-0.25, -0.2) is 4.98 Å². The molecular weight excluding hydrogens is 382 g/mol. The molecule has 4 rings (SSSR count). The summed E-state index contributed by atoms with van der Waals surface area (Å²) in [5.41, 5.74) is 5.40. The van der Waals surface area contributed by atoms with Crippen molar-refractivity contribution in [3.8, 4) is 0 Å². The number of carbonyl (C=O) groups is 1. The number of benzene rings is 2. The second-order valence-corrected chi connectivity index (χ2v) is 7.59. The van der Waals surface area contributed by atoms with Crippen molar-refractivity contribution in [3.63, 3.8) is 0 Å². The van der Waals surface area contributed by atoms with E-state index in [1.54, 1.807) is 24.3 Å². The molecule has 0 radical (unpaired) electrons. The SMILES string of the molecule is Cc1ccc(C)c2c1[nH]c1nc(SCC(=O)Nc3ccc(Cl)cc3)nnc12. The number of rotatable bonds is 4. The fraction of sp³-hybridized carbons (Fsp3) is 0.158. The van der Waals surface area contributed by atoms with Gasteiger partial charge in [-0.15, -0.1) is 10.2 Å². The Kier molecular flexibility index (Phi) is 4.72. The second-order valence-electron chi connectivity index (χ2n) is 6.21. The van der Waals surface area contributed by atoms with Crippen LogP contribution in [0.3, 0.4) is 0 Å². The van der Waals surface area contributed by atoms with Gasteiger partial charge in [0, 0.05) is 16.1 Å². The highest BCUT2D eigenvalue weighted by atomic mass is 35.5. The molecule has 0 saturated carbocycles. The fourth-order valence-electron chi connectivity index (χ4n) is 2.88. The minimum absolute atomic E-state index is 0.144. The molecule has 0 fully saturated rings. The zero-order chi connectivity index (χ0) is 19.0. The van der Waals surface area contributed by atoms with Gasteiger partial charge >= 0.3 is 0 Å². The Morgan fingerprint density at radius 2 is 1.85 bits per heavy atom. The van der Waals surface area contributed by atoms with Crippen molar-refractivity contribution in [3.05, 3.63) is 52.5 Å². The number of carbonyl (C=O) groups excluding carboxylic acids is 1. The van der Waals surface area contributed by atoms with Crippen LogP contribution in [-0.2, 0) is 4.79 Å². The van der Waals surface area contributed by atoms with Crippen molar-refractivity contribution in [2.45, 2.75) is 19.0 Å². The average molecular weight is 398 g/mol. The summed E-state index contributed by atoms with van der Waals surface area (Å²) in [5, 5.41) is 13.4. The van der Waals surface area contributed by atoms with Gasteiger partial charge in [0.2, 0.25) is 11.1 Å². The van der Waals surface area contributed by atoms with Gasteiger partial charge in [0.25, 0.3) is 0 Å². The molecular formula is C19H16ClN5OS. The maximum absolute atomic E-state index is 12.1. The summed E-state index contributed by atoms with van der Waals surface area (Å²) in [4.78, 5) is 20.0. The second kappa shape index (κ2) is 7.17. The lowest BCUT2D eigenvalue weighted by atomic mass is 10.1. The molecule has 0 aliphatic carbocycles. The van der Waals surface area contributed by atoms with Gasteiger partial charge in [0.1, 0.15) is 5.52 Å². The van der Waals surface area contributed by atoms with Gasteiger partial charge in [-0.2, -0.15) is 0 Å². The summed E-state index contributed by atoms with van der Waals surface area (Å²) in [6.07, 6.45) is 0. The number of hydrogen-bond donors (Lipinski definition) is 2. The Balaban J connectivity index is 1.51. The molecule has 0 atom stereocenters. The first kappa shape index (κ1) is 17.8. The van der Waals surface area contributed by atoms with Gasteiger partial charge in [0.05, 0.1) is 11.3 Å². The highest BCUT2D eigenvalue weighted by molar-refractivity contribution is 7.99. The van der Waals surface area contributed by atoms with Crippen molar-refractivity contribution in [2.24, 2.45) is 0 Å². The summed E-state index contributed by atoms with van der Waals surface area (Å²) in [5.74, 6) is 0.0445. The van der Waals surface area contributed by atoms with E-state index in [0.717, 1.165) is 27.5 Å². The number of fused-ring (bicyclic) bond motifs is 3. The maximum atomic E-state index is 12.1. The number of nitrogens with one attached hydrogen (secondary N) is 2. The Hall–Kier alpha value is -2.64. The van der Waals surface area contributed by atoms with Crippen LogP contribution in [0, 0.1) is 13.8 Å². The van der Waals surface area contributed by atoms with Crippen LogP contribution in [0.15, 0.2) is 41.6 Å². The summed E-state index contributed by atoms with van der Waals surface area (Å²) in [6.45, 7) is 4.09. The Morgan fingerprint density at radius 1 is 1.11 bits per heavy atom. The first-order valence-electron chi connectivity index (χ1n) is 8.32. The molecule has 2 heterocycles. The van der Waals surface area contributed by atoms with Crippen LogP contribution in [0.1, 0.15) is 11.1 Å². The summed E-state index contributed by atoms with van der Waals surface area (Å²) in [6, 6.07) is 11.1. The number of hydrogen-bond acceptors (Lipinski definition) is 5. The van der Waals surface area contributed by atoms with E-state index in [4.69, 9.17) is 11.6 Å². The molecule has 0 aliphatic heterocycles. The lowest BCUT2D eigenvalue weighted by Crippen LogP contribution is -2.14. The molecule has 6 nitrogen and oxygen atoms in total. The zero-order valence-corrected chi connectivity index (χ0v) is 16.3. The van der Waals surface area contributed by atoms with Crippen molar-refractivity contribution >= 4 is 57.0 Å². The van der Waals surface area contributed by atoms with Gasteiger partial charge in [-0.1, -0.05) is 35.5 Å². The summed E-state index contributed by atoms with van der Waals surface area (Å²) >= 11 is 7.08. The largest absolute Gasteiger partial charge is 0.337 e. The molecule has 0 bridgehead atoms. The minimum atomic E-state index is -0.144. The van der Waals surface area contributed by atoms with Crippen molar-refractivity contribution in [2.75, 3.05) is 11.1 Å². The third kappa shape index (κ3) is 3.61. The number of nitrogens with zero attached hydrogens (tertiary/aromatic N) is 3. The zero-order valence-electron chi connectivity index (χ0n) is 14.7. The predicted molar refractivity (Wildman–Crippen MR) is 109 cm³/mol. The van der Waals surface area contributed by atoms with E-state index in [0.29, 0.717) is 21.5 Å². The van der Waals surface area contributed by atoms with E-state index in [9.17, 15) is 4.79 Å². The molecule has 136 valence electrons. The standard InChI is InChI=1S/C19H16ClN5OS/c1-10-3-4-11(2)16-15(10)17-18(22-16)23-19(25-24-17)27-9-14(26)21-13-7-5-12(20)6-8-13/h3-8H,9H2,1-2H3,(H,21,26)(H,22,23,25). The molecule has 8 heteroatoms. The number of aromatic nitrogens is 4. The van der Waals surface area contributed by atoms with Crippen LogP contribution >= 0.6 is 23.4 Å². The third-order valence-corrected chi connectivity index (χ3v) is 5.32. The molecule has 2 aromatic heterocycles. The third-order valence-electron chi connectivity index (χ3n) is 4.23. The van der Waals surface area contributed by atoms with E-state index in [2.05, 4.69) is 37.6 Å². The lowest BCUT2D eigenvalue weighted by Gasteiger charge is -2.04. The van der Waals surface area contributed by atoms with Gasteiger partial charge in [0.15, 0.2) is 5.65 Å². The molecule has 27 heavy (non-hydrogen) atoms. The smallest absolute Gasteiger partial charge is 0.234 e. The average Bonchev–Trinajstić information content (AvgIpc) is 3.05. The lowest BCUT2D eigenvalue weighted by molar-refractivity contribution is -0.113. The highest BCUT2D eigenvalue weighted by Crippen LogP contribution is 2.28. The molecule has 0 unspecified atom stereocenters. The normalized spacial score (nSPS) is 11.2. The number of halogens is 1. The number of aryl methyl sites for hydroxylation is 2. The van der Waals surface area contributed by atoms with E-state index < -0.39 is 0 Å². The van der Waals surface area contributed by atoms with Gasteiger partial charge in [-0.3, -0.25) is 4.79 Å². The number of thioether (sulfide) groups is 1. The Morgan fingerprint density at radius 3 is 2.63 bits per heavy atom. The molecule has 4 aromatic rings. The van der Waals surface area contributed by atoms with Crippen molar-refractivity contribution in [1.29, 1.82) is 0 Å². The van der Waals surface area contributed by atoms with Crippen LogP contribution < -0.4 is 5.32 Å². The Bertz CT molecular complexity index is 1160. The van der Waals surface area contributed by atoms with Gasteiger partial charge < -0.3 is 10.3 Å². The quantitative estimate of drug-likeness (QED) is 0.495.